The molecule has 0 saturated heterocycles. The van der Waals surface area contributed by atoms with Crippen LogP contribution in [0.4, 0.5) is 0 Å². The van der Waals surface area contributed by atoms with E-state index in [1.165, 1.54) is 0 Å². The highest BCUT2D eigenvalue weighted by atomic mass is 16.5. The third kappa shape index (κ3) is 0.795. The van der Waals surface area contributed by atoms with Crippen molar-refractivity contribution in [2.75, 3.05) is 0 Å². The lowest BCUT2D eigenvalue weighted by Crippen LogP contribution is -1.95. The van der Waals surface area contributed by atoms with Gasteiger partial charge in [-0.1, -0.05) is 0 Å². The van der Waals surface area contributed by atoms with E-state index < -0.39 is 0 Å². The van der Waals surface area contributed by atoms with E-state index in [1.807, 2.05) is 0 Å². The van der Waals surface area contributed by atoms with Crippen molar-refractivity contribution >= 4 is 6.29 Å². The minimum atomic E-state index is 0.542. The predicted octanol–water partition coefficient (Wildman–Crippen LogP) is 1.15. The van der Waals surface area contributed by atoms with E-state index in [9.17, 15) is 4.79 Å². The van der Waals surface area contributed by atoms with Crippen LogP contribution < -0.4 is 0 Å². The Balaban J connectivity index is 3.30. The second kappa shape index (κ2) is 2.17. The zero-order valence-corrected chi connectivity index (χ0v) is 5.96. The van der Waals surface area contributed by atoms with Gasteiger partial charge in [0, 0.05) is 5.56 Å². The molecule has 1 rings (SSSR count). The van der Waals surface area contributed by atoms with Gasteiger partial charge in [-0.15, -0.1) is 0 Å². The van der Waals surface area contributed by atoms with Crippen LogP contribution in [0.3, 0.4) is 0 Å². The molecule has 0 aromatic carbocycles. The Bertz CT molecular complexity index is 263. The number of carbonyl (C=O) groups is 1. The molecular formula is C7H9NO2. The molecule has 0 atom stereocenters. The molecular weight excluding hydrogens is 130 g/mol. The van der Waals surface area contributed by atoms with Crippen LogP contribution in [0.15, 0.2) is 6.07 Å². The van der Waals surface area contributed by atoms with Crippen LogP contribution in [-0.2, 0) is 0 Å². The minimum absolute atomic E-state index is 0.542. The SMILES string of the molecule is Cc1cc(C=O)c(C)n1O. The molecule has 3 heteroatoms. The Labute approximate surface area is 58.9 Å². The van der Waals surface area contributed by atoms with E-state index in [-0.39, 0.29) is 0 Å². The van der Waals surface area contributed by atoms with Gasteiger partial charge in [-0.3, -0.25) is 4.79 Å². The molecule has 0 spiro atoms. The largest absolute Gasteiger partial charge is 0.428 e. The van der Waals surface area contributed by atoms with Gasteiger partial charge in [0.1, 0.15) is 0 Å². The molecule has 54 valence electrons. The summed E-state index contributed by atoms with van der Waals surface area (Å²) in [6, 6.07) is 1.64. The fourth-order valence-corrected chi connectivity index (χ4v) is 0.897. The third-order valence-electron chi connectivity index (χ3n) is 1.56. The summed E-state index contributed by atoms with van der Waals surface area (Å²) in [4.78, 5) is 10.3. The van der Waals surface area contributed by atoms with Gasteiger partial charge in [-0.2, -0.15) is 4.73 Å². The van der Waals surface area contributed by atoms with Crippen molar-refractivity contribution in [3.63, 3.8) is 0 Å². The number of rotatable bonds is 1. The van der Waals surface area contributed by atoms with Crippen LogP contribution in [0.5, 0.6) is 0 Å². The highest BCUT2D eigenvalue weighted by molar-refractivity contribution is 5.76. The van der Waals surface area contributed by atoms with Crippen LogP contribution in [-0.4, -0.2) is 16.2 Å². The molecule has 0 aliphatic carbocycles. The molecule has 0 radical (unpaired) electrons. The van der Waals surface area contributed by atoms with Crippen LogP contribution >= 0.6 is 0 Å². The van der Waals surface area contributed by atoms with Gasteiger partial charge in [-0.05, 0) is 19.9 Å². The third-order valence-corrected chi connectivity index (χ3v) is 1.56. The monoisotopic (exact) mass is 139 g/mol. The molecule has 1 aromatic heterocycles. The number of aromatic nitrogens is 1. The van der Waals surface area contributed by atoms with E-state index in [0.717, 1.165) is 11.0 Å². The minimum Gasteiger partial charge on any atom is -0.428 e. The molecule has 1 N–H and O–H groups in total. The second-order valence-electron chi connectivity index (χ2n) is 2.26. The van der Waals surface area contributed by atoms with E-state index >= 15 is 0 Å². The molecule has 0 aliphatic heterocycles. The number of hydrogen-bond donors (Lipinski definition) is 1. The van der Waals surface area contributed by atoms with Gasteiger partial charge < -0.3 is 5.21 Å². The fraction of sp³-hybridized carbons (Fsp3) is 0.286. The van der Waals surface area contributed by atoms with Gasteiger partial charge in [-0.25, -0.2) is 0 Å². The highest BCUT2D eigenvalue weighted by Gasteiger charge is 2.05. The summed E-state index contributed by atoms with van der Waals surface area (Å²) in [5.74, 6) is 0. The molecule has 1 heterocycles. The van der Waals surface area contributed by atoms with E-state index in [2.05, 4.69) is 0 Å². The van der Waals surface area contributed by atoms with Crippen LogP contribution in [0.2, 0.25) is 0 Å². The molecule has 10 heavy (non-hydrogen) atoms. The summed E-state index contributed by atoms with van der Waals surface area (Å²) in [6.07, 6.45) is 0.731. The topological polar surface area (TPSA) is 42.2 Å². The van der Waals surface area contributed by atoms with Crippen LogP contribution in [0.1, 0.15) is 21.7 Å². The van der Waals surface area contributed by atoms with Crippen LogP contribution in [0.25, 0.3) is 0 Å². The Hall–Kier alpha value is -1.25. The summed E-state index contributed by atoms with van der Waals surface area (Å²) >= 11 is 0. The van der Waals surface area contributed by atoms with Gasteiger partial charge in [0.25, 0.3) is 0 Å². The maximum absolute atomic E-state index is 10.3. The number of hydrogen-bond acceptors (Lipinski definition) is 2. The first-order valence-corrected chi connectivity index (χ1v) is 3.00. The lowest BCUT2D eigenvalue weighted by atomic mass is 10.3. The Kier molecular flexibility index (Phi) is 1.49. The van der Waals surface area contributed by atoms with Crippen molar-refractivity contribution in [2.24, 2.45) is 0 Å². The molecule has 0 saturated carbocycles. The van der Waals surface area contributed by atoms with Gasteiger partial charge in [0.2, 0.25) is 0 Å². The van der Waals surface area contributed by atoms with Gasteiger partial charge >= 0.3 is 0 Å². The Morgan fingerprint density at radius 2 is 2.20 bits per heavy atom. The lowest BCUT2D eigenvalue weighted by Gasteiger charge is -1.95. The van der Waals surface area contributed by atoms with Crippen molar-refractivity contribution in [3.05, 3.63) is 23.0 Å². The van der Waals surface area contributed by atoms with Crippen LogP contribution in [0, 0.1) is 13.8 Å². The van der Waals surface area contributed by atoms with Crippen molar-refractivity contribution in [2.45, 2.75) is 13.8 Å². The molecule has 0 amide bonds. The number of aldehydes is 1. The fourth-order valence-electron chi connectivity index (χ4n) is 0.897. The summed E-state index contributed by atoms with van der Waals surface area (Å²) in [5.41, 5.74) is 1.81. The van der Waals surface area contributed by atoms with Crippen molar-refractivity contribution in [3.8, 4) is 0 Å². The van der Waals surface area contributed by atoms with Crippen molar-refractivity contribution in [1.29, 1.82) is 0 Å². The number of nitrogens with zero attached hydrogens (tertiary/aromatic N) is 1. The molecule has 1 aromatic rings. The molecule has 0 fully saturated rings. The van der Waals surface area contributed by atoms with Gasteiger partial charge in [0.05, 0.1) is 11.4 Å². The molecule has 0 unspecified atom stereocenters. The smallest absolute Gasteiger partial charge is 0.151 e. The average Bonchev–Trinajstić information content (AvgIpc) is 2.17. The zero-order valence-electron chi connectivity index (χ0n) is 5.96. The summed E-state index contributed by atoms with van der Waals surface area (Å²) in [6.45, 7) is 3.43. The first kappa shape index (κ1) is 6.86. The Morgan fingerprint density at radius 3 is 2.40 bits per heavy atom. The second-order valence-corrected chi connectivity index (χ2v) is 2.26. The average molecular weight is 139 g/mol. The quantitative estimate of drug-likeness (QED) is 0.468. The lowest BCUT2D eigenvalue weighted by molar-refractivity contribution is 0.111. The van der Waals surface area contributed by atoms with Crippen molar-refractivity contribution < 1.29 is 10.0 Å². The van der Waals surface area contributed by atoms with E-state index in [0.29, 0.717) is 17.0 Å². The first-order valence-electron chi connectivity index (χ1n) is 3.00. The molecule has 3 nitrogen and oxygen atoms in total. The van der Waals surface area contributed by atoms with Crippen molar-refractivity contribution in [1.82, 2.24) is 4.73 Å². The number of aryl methyl sites for hydroxylation is 1. The predicted molar refractivity (Wildman–Crippen MR) is 36.5 cm³/mol. The maximum Gasteiger partial charge on any atom is 0.151 e. The maximum atomic E-state index is 10.3. The standard InChI is InChI=1S/C7H9NO2/c1-5-3-7(4-9)6(2)8(5)10/h3-4,10H,1-2H3. The van der Waals surface area contributed by atoms with E-state index in [4.69, 9.17) is 5.21 Å². The molecule has 0 aliphatic rings. The summed E-state index contributed by atoms with van der Waals surface area (Å²) in [5, 5.41) is 9.12. The summed E-state index contributed by atoms with van der Waals surface area (Å²) < 4.78 is 1.00. The Morgan fingerprint density at radius 1 is 1.60 bits per heavy atom. The molecule has 0 bridgehead atoms. The zero-order chi connectivity index (χ0) is 7.72. The number of carbonyl (C=O) groups excluding carboxylic acids is 1. The van der Waals surface area contributed by atoms with Gasteiger partial charge in [0.15, 0.2) is 6.29 Å². The highest BCUT2D eigenvalue weighted by Crippen LogP contribution is 2.09. The summed E-state index contributed by atoms with van der Waals surface area (Å²) in [7, 11) is 0. The van der Waals surface area contributed by atoms with E-state index in [1.54, 1.807) is 19.9 Å². The first-order chi connectivity index (χ1) is 4.66. The normalized spacial score (nSPS) is 9.80.